The summed E-state index contributed by atoms with van der Waals surface area (Å²) >= 11 is 0. The van der Waals surface area contributed by atoms with Crippen molar-refractivity contribution in [1.29, 1.82) is 0 Å². The summed E-state index contributed by atoms with van der Waals surface area (Å²) in [5.41, 5.74) is 7.08. The van der Waals surface area contributed by atoms with Crippen molar-refractivity contribution < 1.29 is 0 Å². The lowest BCUT2D eigenvalue weighted by Crippen LogP contribution is -2.18. The van der Waals surface area contributed by atoms with E-state index in [0.29, 0.717) is 6.04 Å². The van der Waals surface area contributed by atoms with Crippen LogP contribution in [0.2, 0.25) is 0 Å². The van der Waals surface area contributed by atoms with Crippen LogP contribution in [0.15, 0.2) is 42.5 Å². The highest BCUT2D eigenvalue weighted by Crippen LogP contribution is 2.31. The summed E-state index contributed by atoms with van der Waals surface area (Å²) in [7, 11) is 0. The van der Waals surface area contributed by atoms with Gasteiger partial charge in [-0.25, -0.2) is 0 Å². The van der Waals surface area contributed by atoms with Crippen molar-refractivity contribution in [2.45, 2.75) is 39.3 Å². The molecule has 1 N–H and O–H groups in total. The lowest BCUT2D eigenvalue weighted by molar-refractivity contribution is 0.530. The maximum absolute atomic E-state index is 3.70. The first kappa shape index (κ1) is 12.4. The Balaban J connectivity index is 1.69. The molecule has 1 heteroatoms. The van der Waals surface area contributed by atoms with E-state index in [1.807, 2.05) is 0 Å². The van der Waals surface area contributed by atoms with Crippen LogP contribution in [0, 0.1) is 13.8 Å². The molecule has 1 aliphatic carbocycles. The number of rotatable bonds is 3. The van der Waals surface area contributed by atoms with E-state index in [0.717, 1.165) is 6.54 Å². The Bertz CT molecular complexity index is 569. The number of fused-ring (bicyclic) bond motifs is 1. The Morgan fingerprint density at radius 3 is 2.53 bits per heavy atom. The van der Waals surface area contributed by atoms with Crippen LogP contribution >= 0.6 is 0 Å². The number of benzene rings is 2. The van der Waals surface area contributed by atoms with Crippen LogP contribution in [-0.4, -0.2) is 0 Å². The van der Waals surface area contributed by atoms with Gasteiger partial charge < -0.3 is 5.32 Å². The first-order valence-electron chi connectivity index (χ1n) is 7.11. The van der Waals surface area contributed by atoms with E-state index in [1.165, 1.54) is 40.7 Å². The van der Waals surface area contributed by atoms with Crippen LogP contribution in [0.5, 0.6) is 0 Å². The molecule has 1 nitrogen and oxygen atoms in total. The molecule has 2 aromatic carbocycles. The van der Waals surface area contributed by atoms with E-state index in [2.05, 4.69) is 61.6 Å². The van der Waals surface area contributed by atoms with Crippen molar-refractivity contribution in [3.63, 3.8) is 0 Å². The molecule has 3 rings (SSSR count). The highest BCUT2D eigenvalue weighted by Gasteiger charge is 2.21. The standard InChI is InChI=1S/C18H21N/c1-13-3-6-15(7-4-13)12-19-18-10-9-16-8-5-14(2)11-17(16)18/h3-8,11,18-19H,9-10,12H2,1-2H3. The third kappa shape index (κ3) is 2.71. The van der Waals surface area contributed by atoms with Crippen molar-refractivity contribution in [2.24, 2.45) is 0 Å². The summed E-state index contributed by atoms with van der Waals surface area (Å²) in [5, 5.41) is 3.70. The van der Waals surface area contributed by atoms with E-state index in [9.17, 15) is 0 Å². The Morgan fingerprint density at radius 1 is 1.00 bits per heavy atom. The van der Waals surface area contributed by atoms with Crippen LogP contribution in [-0.2, 0) is 13.0 Å². The van der Waals surface area contributed by atoms with Crippen molar-refractivity contribution in [3.8, 4) is 0 Å². The Hall–Kier alpha value is -1.60. The predicted octanol–water partition coefficient (Wildman–Crippen LogP) is 4.08. The third-order valence-corrected chi connectivity index (χ3v) is 4.05. The van der Waals surface area contributed by atoms with Crippen molar-refractivity contribution >= 4 is 0 Å². The molecule has 98 valence electrons. The van der Waals surface area contributed by atoms with Gasteiger partial charge in [0.2, 0.25) is 0 Å². The molecule has 2 aromatic rings. The van der Waals surface area contributed by atoms with E-state index in [4.69, 9.17) is 0 Å². The second kappa shape index (κ2) is 5.18. The number of hydrogen-bond acceptors (Lipinski definition) is 1. The van der Waals surface area contributed by atoms with Gasteiger partial charge in [-0.05, 0) is 43.4 Å². The molecule has 0 radical (unpaired) electrons. The Labute approximate surface area is 115 Å². The average molecular weight is 251 g/mol. The summed E-state index contributed by atoms with van der Waals surface area (Å²) in [6.45, 7) is 5.27. The van der Waals surface area contributed by atoms with E-state index < -0.39 is 0 Å². The normalized spacial score (nSPS) is 17.5. The minimum atomic E-state index is 0.524. The van der Waals surface area contributed by atoms with E-state index >= 15 is 0 Å². The highest BCUT2D eigenvalue weighted by molar-refractivity contribution is 5.37. The van der Waals surface area contributed by atoms with Crippen molar-refractivity contribution in [3.05, 3.63) is 70.3 Å². The van der Waals surface area contributed by atoms with Crippen molar-refractivity contribution in [2.75, 3.05) is 0 Å². The monoisotopic (exact) mass is 251 g/mol. The van der Waals surface area contributed by atoms with Crippen LogP contribution in [0.25, 0.3) is 0 Å². The molecule has 0 aliphatic heterocycles. The minimum Gasteiger partial charge on any atom is -0.306 e. The van der Waals surface area contributed by atoms with Gasteiger partial charge in [0, 0.05) is 12.6 Å². The largest absolute Gasteiger partial charge is 0.306 e. The Morgan fingerprint density at radius 2 is 1.74 bits per heavy atom. The lowest BCUT2D eigenvalue weighted by atomic mass is 10.0. The fourth-order valence-corrected chi connectivity index (χ4v) is 2.88. The minimum absolute atomic E-state index is 0.524. The molecule has 1 unspecified atom stereocenters. The van der Waals surface area contributed by atoms with Crippen LogP contribution < -0.4 is 5.32 Å². The van der Waals surface area contributed by atoms with Gasteiger partial charge in [-0.1, -0.05) is 53.6 Å². The molecular formula is C18H21N. The molecule has 0 saturated heterocycles. The summed E-state index contributed by atoms with van der Waals surface area (Å²) in [5.74, 6) is 0. The van der Waals surface area contributed by atoms with Gasteiger partial charge in [-0.2, -0.15) is 0 Å². The summed E-state index contributed by atoms with van der Waals surface area (Å²) < 4.78 is 0. The molecule has 0 fully saturated rings. The molecule has 1 atom stereocenters. The second-order valence-corrected chi connectivity index (χ2v) is 5.66. The quantitative estimate of drug-likeness (QED) is 0.866. The zero-order chi connectivity index (χ0) is 13.2. The second-order valence-electron chi connectivity index (χ2n) is 5.66. The summed E-state index contributed by atoms with van der Waals surface area (Å²) in [6.07, 6.45) is 2.44. The SMILES string of the molecule is Cc1ccc(CNC2CCc3ccc(C)cc32)cc1. The summed E-state index contributed by atoms with van der Waals surface area (Å²) in [4.78, 5) is 0. The topological polar surface area (TPSA) is 12.0 Å². The van der Waals surface area contributed by atoms with Gasteiger partial charge in [0.15, 0.2) is 0 Å². The van der Waals surface area contributed by atoms with Crippen LogP contribution in [0.4, 0.5) is 0 Å². The van der Waals surface area contributed by atoms with Crippen LogP contribution in [0.1, 0.15) is 40.3 Å². The molecule has 0 spiro atoms. The van der Waals surface area contributed by atoms with E-state index in [1.54, 1.807) is 0 Å². The first-order valence-corrected chi connectivity index (χ1v) is 7.11. The maximum Gasteiger partial charge on any atom is 0.0329 e. The molecule has 0 heterocycles. The Kier molecular flexibility index (Phi) is 3.39. The van der Waals surface area contributed by atoms with Gasteiger partial charge in [-0.3, -0.25) is 0 Å². The predicted molar refractivity (Wildman–Crippen MR) is 80.3 cm³/mol. The number of aryl methyl sites for hydroxylation is 3. The molecular weight excluding hydrogens is 230 g/mol. The highest BCUT2D eigenvalue weighted by atomic mass is 14.9. The summed E-state index contributed by atoms with van der Waals surface area (Å²) in [6, 6.07) is 16.2. The van der Waals surface area contributed by atoms with Gasteiger partial charge in [0.05, 0.1) is 0 Å². The molecule has 0 bridgehead atoms. The van der Waals surface area contributed by atoms with Crippen molar-refractivity contribution in [1.82, 2.24) is 5.32 Å². The molecule has 0 saturated carbocycles. The molecule has 1 aliphatic rings. The third-order valence-electron chi connectivity index (χ3n) is 4.05. The average Bonchev–Trinajstić information content (AvgIpc) is 2.80. The van der Waals surface area contributed by atoms with Gasteiger partial charge >= 0.3 is 0 Å². The first-order chi connectivity index (χ1) is 9.22. The van der Waals surface area contributed by atoms with Crippen LogP contribution in [0.3, 0.4) is 0 Å². The maximum atomic E-state index is 3.70. The van der Waals surface area contributed by atoms with Gasteiger partial charge in [0.25, 0.3) is 0 Å². The number of nitrogens with one attached hydrogen (secondary N) is 1. The zero-order valence-corrected chi connectivity index (χ0v) is 11.7. The lowest BCUT2D eigenvalue weighted by Gasteiger charge is -2.14. The number of hydrogen-bond donors (Lipinski definition) is 1. The van der Waals surface area contributed by atoms with Gasteiger partial charge in [0.1, 0.15) is 0 Å². The fourth-order valence-electron chi connectivity index (χ4n) is 2.88. The molecule has 0 aromatic heterocycles. The molecule has 0 amide bonds. The smallest absolute Gasteiger partial charge is 0.0329 e. The van der Waals surface area contributed by atoms with Gasteiger partial charge in [-0.15, -0.1) is 0 Å². The fraction of sp³-hybridized carbons (Fsp3) is 0.333. The zero-order valence-electron chi connectivity index (χ0n) is 11.7. The molecule has 19 heavy (non-hydrogen) atoms. The van der Waals surface area contributed by atoms with E-state index in [-0.39, 0.29) is 0 Å².